The SMILES string of the molecule is C#CCNCC(=O)NCCN1CCCCC1. The zero-order valence-corrected chi connectivity index (χ0v) is 9.80. The fraction of sp³-hybridized carbons (Fsp3) is 0.750. The van der Waals surface area contributed by atoms with Crippen LogP contribution in [0.15, 0.2) is 0 Å². The number of amides is 1. The molecule has 1 amide bonds. The topological polar surface area (TPSA) is 44.4 Å². The Morgan fingerprint density at radius 2 is 2.06 bits per heavy atom. The molecule has 4 nitrogen and oxygen atoms in total. The Labute approximate surface area is 97.8 Å². The maximum atomic E-state index is 11.3. The van der Waals surface area contributed by atoms with E-state index in [-0.39, 0.29) is 5.91 Å². The molecule has 0 radical (unpaired) electrons. The van der Waals surface area contributed by atoms with E-state index in [2.05, 4.69) is 21.5 Å². The van der Waals surface area contributed by atoms with Crippen molar-refractivity contribution >= 4 is 5.91 Å². The van der Waals surface area contributed by atoms with Gasteiger partial charge in [0.2, 0.25) is 5.91 Å². The van der Waals surface area contributed by atoms with E-state index in [1.165, 1.54) is 32.4 Å². The molecule has 1 aliphatic rings. The lowest BCUT2D eigenvalue weighted by Gasteiger charge is -2.26. The molecular weight excluding hydrogens is 202 g/mol. The van der Waals surface area contributed by atoms with Gasteiger partial charge >= 0.3 is 0 Å². The molecule has 0 aromatic carbocycles. The number of rotatable bonds is 6. The third kappa shape index (κ3) is 5.74. The van der Waals surface area contributed by atoms with Crippen LogP contribution in [0.1, 0.15) is 19.3 Å². The van der Waals surface area contributed by atoms with Crippen molar-refractivity contribution in [2.24, 2.45) is 0 Å². The van der Waals surface area contributed by atoms with E-state index in [1.807, 2.05) is 0 Å². The van der Waals surface area contributed by atoms with Crippen LogP contribution < -0.4 is 10.6 Å². The van der Waals surface area contributed by atoms with E-state index in [1.54, 1.807) is 0 Å². The fourth-order valence-electron chi connectivity index (χ4n) is 1.85. The molecule has 1 saturated heterocycles. The molecule has 0 aromatic heterocycles. The summed E-state index contributed by atoms with van der Waals surface area (Å²) in [5, 5.41) is 5.74. The molecule has 0 aromatic rings. The highest BCUT2D eigenvalue weighted by Crippen LogP contribution is 2.06. The zero-order chi connectivity index (χ0) is 11.6. The molecular formula is C12H21N3O. The molecule has 1 fully saturated rings. The molecule has 16 heavy (non-hydrogen) atoms. The first-order valence-corrected chi connectivity index (χ1v) is 5.96. The summed E-state index contributed by atoms with van der Waals surface area (Å²) < 4.78 is 0. The summed E-state index contributed by atoms with van der Waals surface area (Å²) in [5.41, 5.74) is 0. The predicted octanol–water partition coefficient (Wildman–Crippen LogP) is -0.189. The van der Waals surface area contributed by atoms with Gasteiger partial charge in [0.25, 0.3) is 0 Å². The lowest BCUT2D eigenvalue weighted by Crippen LogP contribution is -2.40. The van der Waals surface area contributed by atoms with Crippen LogP contribution in [0.4, 0.5) is 0 Å². The fourth-order valence-corrected chi connectivity index (χ4v) is 1.85. The quantitative estimate of drug-likeness (QED) is 0.485. The molecule has 2 N–H and O–H groups in total. The van der Waals surface area contributed by atoms with Gasteiger partial charge in [0.1, 0.15) is 0 Å². The third-order valence-electron chi connectivity index (χ3n) is 2.71. The predicted molar refractivity (Wildman–Crippen MR) is 65.0 cm³/mol. The van der Waals surface area contributed by atoms with Crippen molar-refractivity contribution in [3.63, 3.8) is 0 Å². The normalized spacial score (nSPS) is 16.7. The lowest BCUT2D eigenvalue weighted by molar-refractivity contribution is -0.120. The average Bonchev–Trinajstić information content (AvgIpc) is 2.31. The van der Waals surface area contributed by atoms with Crippen LogP contribution in [0, 0.1) is 12.3 Å². The van der Waals surface area contributed by atoms with Crippen molar-refractivity contribution in [2.75, 3.05) is 39.3 Å². The van der Waals surface area contributed by atoms with Crippen molar-refractivity contribution in [3.8, 4) is 12.3 Å². The van der Waals surface area contributed by atoms with Crippen LogP contribution in [0.5, 0.6) is 0 Å². The third-order valence-corrected chi connectivity index (χ3v) is 2.71. The van der Waals surface area contributed by atoms with Crippen LogP contribution in [0.3, 0.4) is 0 Å². The van der Waals surface area contributed by atoms with Gasteiger partial charge in [-0.05, 0) is 25.9 Å². The van der Waals surface area contributed by atoms with Gasteiger partial charge in [0, 0.05) is 13.1 Å². The van der Waals surface area contributed by atoms with Gasteiger partial charge in [0.05, 0.1) is 13.1 Å². The van der Waals surface area contributed by atoms with Gasteiger partial charge in [-0.1, -0.05) is 12.3 Å². The average molecular weight is 223 g/mol. The number of hydrogen-bond acceptors (Lipinski definition) is 3. The van der Waals surface area contributed by atoms with Crippen molar-refractivity contribution in [1.82, 2.24) is 15.5 Å². The van der Waals surface area contributed by atoms with Crippen LogP contribution >= 0.6 is 0 Å². The summed E-state index contributed by atoms with van der Waals surface area (Å²) in [6.45, 7) is 4.79. The first-order valence-electron chi connectivity index (χ1n) is 5.96. The monoisotopic (exact) mass is 223 g/mol. The summed E-state index contributed by atoms with van der Waals surface area (Å²) >= 11 is 0. The van der Waals surface area contributed by atoms with Crippen LogP contribution in [0.25, 0.3) is 0 Å². The zero-order valence-electron chi connectivity index (χ0n) is 9.80. The minimum Gasteiger partial charge on any atom is -0.354 e. The molecule has 1 rings (SSSR count). The van der Waals surface area contributed by atoms with E-state index in [0.29, 0.717) is 13.1 Å². The van der Waals surface area contributed by atoms with Crippen LogP contribution in [0.2, 0.25) is 0 Å². The van der Waals surface area contributed by atoms with Crippen molar-refractivity contribution in [3.05, 3.63) is 0 Å². The first kappa shape index (κ1) is 13.0. The van der Waals surface area contributed by atoms with E-state index < -0.39 is 0 Å². The van der Waals surface area contributed by atoms with Gasteiger partial charge < -0.3 is 10.2 Å². The van der Waals surface area contributed by atoms with Gasteiger partial charge in [-0.2, -0.15) is 0 Å². The number of terminal acetylenes is 1. The number of carbonyl (C=O) groups excluding carboxylic acids is 1. The van der Waals surface area contributed by atoms with Crippen LogP contribution in [-0.2, 0) is 4.79 Å². The second-order valence-corrected chi connectivity index (χ2v) is 4.06. The van der Waals surface area contributed by atoms with E-state index in [9.17, 15) is 4.79 Å². The lowest BCUT2D eigenvalue weighted by atomic mass is 10.1. The van der Waals surface area contributed by atoms with Gasteiger partial charge in [-0.3, -0.25) is 10.1 Å². The molecule has 1 heterocycles. The number of likely N-dealkylation sites (tertiary alicyclic amines) is 1. The number of hydrogen-bond donors (Lipinski definition) is 2. The minimum absolute atomic E-state index is 0.0206. The molecule has 0 saturated carbocycles. The van der Waals surface area contributed by atoms with E-state index in [0.717, 1.165) is 13.1 Å². The molecule has 0 spiro atoms. The molecule has 0 bridgehead atoms. The summed E-state index contributed by atoms with van der Waals surface area (Å²) in [6, 6.07) is 0. The Morgan fingerprint density at radius 1 is 1.31 bits per heavy atom. The highest BCUT2D eigenvalue weighted by molar-refractivity contribution is 5.77. The maximum Gasteiger partial charge on any atom is 0.234 e. The number of nitrogens with zero attached hydrogens (tertiary/aromatic N) is 1. The van der Waals surface area contributed by atoms with E-state index in [4.69, 9.17) is 6.42 Å². The van der Waals surface area contributed by atoms with Crippen molar-refractivity contribution < 1.29 is 4.79 Å². The van der Waals surface area contributed by atoms with Crippen molar-refractivity contribution in [2.45, 2.75) is 19.3 Å². The Balaban J connectivity index is 1.97. The Bertz CT molecular complexity index is 241. The summed E-state index contributed by atoms with van der Waals surface area (Å²) in [4.78, 5) is 13.7. The number of piperidine rings is 1. The molecule has 0 unspecified atom stereocenters. The summed E-state index contributed by atoms with van der Waals surface area (Å²) in [5.74, 6) is 2.45. The molecule has 1 aliphatic heterocycles. The highest BCUT2D eigenvalue weighted by Gasteiger charge is 2.09. The van der Waals surface area contributed by atoms with Crippen LogP contribution in [-0.4, -0.2) is 50.1 Å². The van der Waals surface area contributed by atoms with Crippen molar-refractivity contribution in [1.29, 1.82) is 0 Å². The second-order valence-electron chi connectivity index (χ2n) is 4.06. The smallest absolute Gasteiger partial charge is 0.234 e. The first-order chi connectivity index (χ1) is 7.83. The Hall–Kier alpha value is -1.05. The Kier molecular flexibility index (Phi) is 6.62. The Morgan fingerprint density at radius 3 is 2.75 bits per heavy atom. The minimum atomic E-state index is 0.0206. The maximum absolute atomic E-state index is 11.3. The highest BCUT2D eigenvalue weighted by atomic mass is 16.1. The molecule has 4 heteroatoms. The van der Waals surface area contributed by atoms with Gasteiger partial charge in [-0.25, -0.2) is 0 Å². The summed E-state index contributed by atoms with van der Waals surface area (Å²) in [6.07, 6.45) is 8.99. The molecule has 0 aliphatic carbocycles. The van der Waals surface area contributed by atoms with Gasteiger partial charge in [0.15, 0.2) is 0 Å². The van der Waals surface area contributed by atoms with E-state index >= 15 is 0 Å². The second kappa shape index (κ2) is 8.14. The standard InChI is InChI=1S/C12H21N3O/c1-2-6-13-11-12(16)14-7-10-15-8-4-3-5-9-15/h1,13H,3-11H2,(H,14,16). The number of carbonyl (C=O) groups is 1. The molecule has 90 valence electrons. The molecule has 0 atom stereocenters. The summed E-state index contributed by atoms with van der Waals surface area (Å²) in [7, 11) is 0. The van der Waals surface area contributed by atoms with Gasteiger partial charge in [-0.15, -0.1) is 6.42 Å². The largest absolute Gasteiger partial charge is 0.354 e. The number of nitrogens with one attached hydrogen (secondary N) is 2.